The highest BCUT2D eigenvalue weighted by Gasteiger charge is 2.18. The predicted octanol–water partition coefficient (Wildman–Crippen LogP) is 2.65. The number of ether oxygens (including phenoxy) is 1. The van der Waals surface area contributed by atoms with Crippen LogP contribution in [0.3, 0.4) is 0 Å². The van der Waals surface area contributed by atoms with Crippen LogP contribution < -0.4 is 5.32 Å². The van der Waals surface area contributed by atoms with Crippen LogP contribution in [0.1, 0.15) is 46.5 Å². The Morgan fingerprint density at radius 1 is 1.33 bits per heavy atom. The Labute approximate surface area is 145 Å². The molecule has 124 valence electrons. The minimum atomic E-state index is -0.125. The van der Waals surface area contributed by atoms with E-state index < -0.39 is 0 Å². The first-order valence-corrected chi connectivity index (χ1v) is 7.86. The molecule has 1 rings (SSSR count). The van der Waals surface area contributed by atoms with Crippen LogP contribution in [0.25, 0.3) is 0 Å². The third-order valence-electron chi connectivity index (χ3n) is 3.52. The fourth-order valence-corrected chi connectivity index (χ4v) is 2.29. The molecule has 0 atom stereocenters. The van der Waals surface area contributed by atoms with Crippen molar-refractivity contribution in [2.24, 2.45) is 10.9 Å². The van der Waals surface area contributed by atoms with Gasteiger partial charge in [-0.2, -0.15) is 0 Å². The molecular formula is C15H30IN3O2. The number of rotatable bonds is 6. The second-order valence-corrected chi connectivity index (χ2v) is 5.31. The van der Waals surface area contributed by atoms with Crippen molar-refractivity contribution in [3.8, 4) is 0 Å². The molecule has 6 heteroatoms. The molecule has 0 aliphatic carbocycles. The van der Waals surface area contributed by atoms with Crippen molar-refractivity contribution in [2.75, 3.05) is 32.8 Å². The van der Waals surface area contributed by atoms with E-state index in [0.29, 0.717) is 19.6 Å². The van der Waals surface area contributed by atoms with Gasteiger partial charge in [0, 0.05) is 32.6 Å². The Kier molecular flexibility index (Phi) is 11.8. The van der Waals surface area contributed by atoms with Gasteiger partial charge in [0.15, 0.2) is 5.96 Å². The maximum absolute atomic E-state index is 11.3. The second-order valence-electron chi connectivity index (χ2n) is 5.31. The van der Waals surface area contributed by atoms with Crippen LogP contribution in [0.5, 0.6) is 0 Å². The van der Waals surface area contributed by atoms with E-state index in [9.17, 15) is 4.79 Å². The van der Waals surface area contributed by atoms with Gasteiger partial charge < -0.3 is 15.0 Å². The molecule has 0 amide bonds. The van der Waals surface area contributed by atoms with Crippen LogP contribution in [0.2, 0.25) is 0 Å². The fraction of sp³-hybridized carbons (Fsp3) is 0.867. The van der Waals surface area contributed by atoms with E-state index in [4.69, 9.17) is 4.74 Å². The van der Waals surface area contributed by atoms with E-state index >= 15 is 0 Å². The molecule has 0 aromatic carbocycles. The van der Waals surface area contributed by atoms with Crippen molar-refractivity contribution in [3.63, 3.8) is 0 Å². The number of carbonyl (C=O) groups is 1. The van der Waals surface area contributed by atoms with Crippen molar-refractivity contribution in [3.05, 3.63) is 0 Å². The number of carbonyl (C=O) groups excluding carboxylic acids is 1. The van der Waals surface area contributed by atoms with Gasteiger partial charge in [-0.1, -0.05) is 6.92 Å². The van der Waals surface area contributed by atoms with Crippen molar-refractivity contribution >= 4 is 35.9 Å². The molecule has 0 spiro atoms. The van der Waals surface area contributed by atoms with Gasteiger partial charge in [0.2, 0.25) is 0 Å². The summed E-state index contributed by atoms with van der Waals surface area (Å²) in [5, 5.41) is 3.34. The summed E-state index contributed by atoms with van der Waals surface area (Å²) in [6, 6.07) is 0. The lowest BCUT2D eigenvalue weighted by molar-refractivity contribution is -0.143. The highest BCUT2D eigenvalue weighted by atomic mass is 127. The molecular weight excluding hydrogens is 381 g/mol. The normalized spacial score (nSPS) is 16.3. The maximum atomic E-state index is 11.3. The second kappa shape index (κ2) is 12.1. The number of likely N-dealkylation sites (tertiary alicyclic amines) is 1. The number of esters is 1. The molecule has 0 radical (unpaired) electrons. The zero-order valence-electron chi connectivity index (χ0n) is 13.6. The van der Waals surface area contributed by atoms with Gasteiger partial charge in [-0.3, -0.25) is 9.79 Å². The number of nitrogens with one attached hydrogen (secondary N) is 1. The van der Waals surface area contributed by atoms with E-state index in [1.54, 1.807) is 0 Å². The van der Waals surface area contributed by atoms with Gasteiger partial charge in [-0.15, -0.1) is 24.0 Å². The molecule has 1 aliphatic rings. The van der Waals surface area contributed by atoms with Gasteiger partial charge in [-0.05, 0) is 39.0 Å². The summed E-state index contributed by atoms with van der Waals surface area (Å²) < 4.78 is 4.91. The lowest BCUT2D eigenvalue weighted by atomic mass is 10.00. The van der Waals surface area contributed by atoms with E-state index in [0.717, 1.165) is 37.9 Å². The molecule has 0 saturated carbocycles. The zero-order valence-corrected chi connectivity index (χ0v) is 15.9. The average Bonchev–Trinajstić information content (AvgIpc) is 2.43. The molecule has 0 aromatic rings. The first kappa shape index (κ1) is 20.5. The zero-order chi connectivity index (χ0) is 14.8. The predicted molar refractivity (Wildman–Crippen MR) is 97.2 cm³/mol. The van der Waals surface area contributed by atoms with Crippen LogP contribution >= 0.6 is 24.0 Å². The first-order chi connectivity index (χ1) is 9.67. The van der Waals surface area contributed by atoms with Gasteiger partial charge >= 0.3 is 5.97 Å². The quantitative estimate of drug-likeness (QED) is 0.240. The van der Waals surface area contributed by atoms with Crippen LogP contribution in [0, 0.1) is 5.92 Å². The number of piperidine rings is 1. The number of guanidine groups is 1. The highest BCUT2D eigenvalue weighted by molar-refractivity contribution is 14.0. The van der Waals surface area contributed by atoms with Gasteiger partial charge in [-0.25, -0.2) is 0 Å². The summed E-state index contributed by atoms with van der Waals surface area (Å²) in [5.74, 6) is 1.68. The van der Waals surface area contributed by atoms with Gasteiger partial charge in [0.25, 0.3) is 0 Å². The average molecular weight is 411 g/mol. The van der Waals surface area contributed by atoms with Crippen LogP contribution in [0.4, 0.5) is 0 Å². The summed E-state index contributed by atoms with van der Waals surface area (Å²) in [7, 11) is 0. The standard InChI is InChI=1S/C15H29N3O2.HI/c1-4-16-15(18-11-8-13(3)9-12-18)17-10-6-7-14(19)20-5-2;/h13H,4-12H2,1-3H3,(H,16,17);1H. The molecule has 1 aliphatic heterocycles. The SMILES string of the molecule is CCNC(=NCCCC(=O)OCC)N1CCC(C)CC1.I. The largest absolute Gasteiger partial charge is 0.466 e. The lowest BCUT2D eigenvalue weighted by Gasteiger charge is -2.33. The molecule has 1 N–H and O–H groups in total. The van der Waals surface area contributed by atoms with Crippen LogP contribution in [0.15, 0.2) is 4.99 Å². The van der Waals surface area contributed by atoms with E-state index in [1.165, 1.54) is 12.8 Å². The Balaban J connectivity index is 0.00000400. The molecule has 21 heavy (non-hydrogen) atoms. The van der Waals surface area contributed by atoms with E-state index in [1.807, 2.05) is 6.92 Å². The number of nitrogens with zero attached hydrogens (tertiary/aromatic N) is 2. The maximum Gasteiger partial charge on any atom is 0.305 e. The van der Waals surface area contributed by atoms with Crippen molar-refractivity contribution < 1.29 is 9.53 Å². The van der Waals surface area contributed by atoms with Crippen LogP contribution in [-0.4, -0.2) is 49.6 Å². The van der Waals surface area contributed by atoms with Crippen LogP contribution in [-0.2, 0) is 9.53 Å². The van der Waals surface area contributed by atoms with Gasteiger partial charge in [0.05, 0.1) is 6.61 Å². The Morgan fingerprint density at radius 3 is 2.57 bits per heavy atom. The lowest BCUT2D eigenvalue weighted by Crippen LogP contribution is -2.45. The molecule has 1 heterocycles. The molecule has 5 nitrogen and oxygen atoms in total. The monoisotopic (exact) mass is 411 g/mol. The summed E-state index contributed by atoms with van der Waals surface area (Å²) in [6.07, 6.45) is 3.66. The first-order valence-electron chi connectivity index (χ1n) is 7.86. The highest BCUT2D eigenvalue weighted by Crippen LogP contribution is 2.15. The molecule has 0 bridgehead atoms. The van der Waals surface area contributed by atoms with E-state index in [2.05, 4.69) is 29.1 Å². The minimum absolute atomic E-state index is 0. The molecule has 0 aromatic heterocycles. The number of halogens is 1. The van der Waals surface area contributed by atoms with E-state index in [-0.39, 0.29) is 29.9 Å². The van der Waals surface area contributed by atoms with Crippen molar-refractivity contribution in [2.45, 2.75) is 46.5 Å². The minimum Gasteiger partial charge on any atom is -0.466 e. The molecule has 0 unspecified atom stereocenters. The summed E-state index contributed by atoms with van der Waals surface area (Å²) in [6.45, 7) is 10.4. The topological polar surface area (TPSA) is 53.9 Å². The number of hydrogen-bond acceptors (Lipinski definition) is 3. The smallest absolute Gasteiger partial charge is 0.305 e. The summed E-state index contributed by atoms with van der Waals surface area (Å²) in [5.41, 5.74) is 0. The summed E-state index contributed by atoms with van der Waals surface area (Å²) >= 11 is 0. The number of aliphatic imine (C=N–C) groups is 1. The summed E-state index contributed by atoms with van der Waals surface area (Å²) in [4.78, 5) is 18.2. The molecule has 1 fully saturated rings. The third-order valence-corrected chi connectivity index (χ3v) is 3.52. The Bertz CT molecular complexity index is 316. The Hall–Kier alpha value is -0.530. The van der Waals surface area contributed by atoms with Crippen molar-refractivity contribution in [1.29, 1.82) is 0 Å². The van der Waals surface area contributed by atoms with Gasteiger partial charge in [0.1, 0.15) is 0 Å². The molecule has 1 saturated heterocycles. The Morgan fingerprint density at radius 2 is 2.00 bits per heavy atom. The van der Waals surface area contributed by atoms with Crippen molar-refractivity contribution in [1.82, 2.24) is 10.2 Å². The number of hydrogen-bond donors (Lipinski definition) is 1. The fourth-order valence-electron chi connectivity index (χ4n) is 2.29. The third kappa shape index (κ3) is 8.48.